The van der Waals surface area contributed by atoms with Crippen LogP contribution in [0.25, 0.3) is 17.3 Å². The van der Waals surface area contributed by atoms with E-state index in [1.54, 1.807) is 48.4 Å². The lowest BCUT2D eigenvalue weighted by atomic mass is 10.1. The molecule has 0 bridgehead atoms. The van der Waals surface area contributed by atoms with E-state index in [-0.39, 0.29) is 17.2 Å². The largest absolute Gasteiger partial charge is 0.507 e. The second-order valence-electron chi connectivity index (χ2n) is 6.87. The Kier molecular flexibility index (Phi) is 7.74. The third-order valence-corrected chi connectivity index (χ3v) is 5.78. The molecule has 0 aliphatic carbocycles. The third-order valence-electron chi connectivity index (χ3n) is 4.60. The van der Waals surface area contributed by atoms with Crippen molar-refractivity contribution in [2.75, 3.05) is 7.05 Å². The molecule has 2 aromatic carbocycles. The fourth-order valence-corrected chi connectivity index (χ4v) is 4.00. The van der Waals surface area contributed by atoms with Gasteiger partial charge in [0.05, 0.1) is 4.91 Å². The Balaban J connectivity index is 1.81. The van der Waals surface area contributed by atoms with E-state index in [1.807, 2.05) is 12.1 Å². The van der Waals surface area contributed by atoms with Crippen molar-refractivity contribution in [3.8, 4) is 17.0 Å². The molecule has 0 radical (unpaired) electrons. The number of H-pyrrole nitrogens is 1. The lowest BCUT2D eigenvalue weighted by Gasteiger charge is -2.18. The van der Waals surface area contributed by atoms with Crippen LogP contribution in [0.1, 0.15) is 21.6 Å². The minimum atomic E-state index is -1.20. The molecule has 1 amide bonds. The zero-order chi connectivity index (χ0) is 23.3. The maximum absolute atomic E-state index is 13.0. The molecule has 0 fully saturated rings. The van der Waals surface area contributed by atoms with Crippen molar-refractivity contribution in [3.05, 3.63) is 81.3 Å². The van der Waals surface area contributed by atoms with Crippen molar-refractivity contribution in [2.45, 2.75) is 6.54 Å². The number of carboxylic acid groups (broad SMARTS) is 1. The molecule has 0 saturated carbocycles. The average molecular weight is 487 g/mol. The van der Waals surface area contributed by atoms with Crippen LogP contribution in [0.15, 0.2) is 59.5 Å². The molecule has 0 atom stereocenters. The van der Waals surface area contributed by atoms with Crippen molar-refractivity contribution in [3.63, 3.8) is 0 Å². The van der Waals surface area contributed by atoms with Gasteiger partial charge in [-0.15, -0.1) is 0 Å². The van der Waals surface area contributed by atoms with Gasteiger partial charge in [0.1, 0.15) is 11.3 Å². The van der Waals surface area contributed by atoms with Crippen LogP contribution in [-0.2, 0) is 11.3 Å². The Morgan fingerprint density at radius 1 is 1.16 bits per heavy atom. The van der Waals surface area contributed by atoms with Gasteiger partial charge in [-0.3, -0.25) is 4.79 Å². The first-order valence-corrected chi connectivity index (χ1v) is 11.1. The minimum Gasteiger partial charge on any atom is -0.507 e. The van der Waals surface area contributed by atoms with Gasteiger partial charge in [0.2, 0.25) is 0 Å². The maximum Gasteiger partial charge on any atom is 0.339 e. The smallest absolute Gasteiger partial charge is 0.339 e. The molecule has 3 rings (SSSR count). The summed E-state index contributed by atoms with van der Waals surface area (Å²) < 4.78 is 1.42. The summed E-state index contributed by atoms with van der Waals surface area (Å²) in [4.78, 5) is 29.2. The van der Waals surface area contributed by atoms with Crippen molar-refractivity contribution >= 4 is 58.2 Å². The van der Waals surface area contributed by atoms with Crippen molar-refractivity contribution in [2.24, 2.45) is 0 Å². The molecular weight excluding hydrogens is 468 g/mol. The number of benzene rings is 2. The van der Waals surface area contributed by atoms with Crippen LogP contribution < -0.4 is 0 Å². The highest BCUT2D eigenvalue weighted by molar-refractivity contribution is 8.24. The first-order chi connectivity index (χ1) is 15.3. The van der Waals surface area contributed by atoms with Gasteiger partial charge in [-0.25, -0.2) is 4.79 Å². The van der Waals surface area contributed by atoms with E-state index >= 15 is 0 Å². The highest BCUT2D eigenvalue weighted by Gasteiger charge is 2.16. The number of rotatable bonds is 8. The number of carboxylic acids is 1. The number of hydrogen-bond donors (Lipinski definition) is 3. The Labute approximate surface area is 199 Å². The number of aromatic carboxylic acids is 1. The van der Waals surface area contributed by atoms with Crippen LogP contribution in [0.3, 0.4) is 0 Å². The van der Waals surface area contributed by atoms with Crippen molar-refractivity contribution < 1.29 is 19.8 Å². The number of hydrogen-bond acceptors (Lipinski definition) is 5. The number of thioether (sulfide) groups is 1. The summed E-state index contributed by atoms with van der Waals surface area (Å²) in [6, 6.07) is 15.2. The van der Waals surface area contributed by atoms with Gasteiger partial charge in [0.15, 0.2) is 0 Å². The van der Waals surface area contributed by atoms with Crippen LogP contribution in [0.4, 0.5) is 0 Å². The van der Waals surface area contributed by atoms with E-state index in [9.17, 15) is 14.7 Å². The Hall–Kier alpha value is -3.07. The Morgan fingerprint density at radius 3 is 2.50 bits per heavy atom. The topological polar surface area (TPSA) is 93.6 Å². The summed E-state index contributed by atoms with van der Waals surface area (Å²) in [7, 11) is 1.71. The van der Waals surface area contributed by atoms with E-state index in [0.717, 1.165) is 17.3 Å². The van der Waals surface area contributed by atoms with Crippen LogP contribution in [0, 0.1) is 0 Å². The molecule has 3 aromatic rings. The summed E-state index contributed by atoms with van der Waals surface area (Å²) in [6.45, 7) is 0.413. The van der Waals surface area contributed by atoms with E-state index in [2.05, 4.69) is 4.98 Å². The quantitative estimate of drug-likeness (QED) is 0.290. The predicted molar refractivity (Wildman–Crippen MR) is 132 cm³/mol. The summed E-state index contributed by atoms with van der Waals surface area (Å²) >= 11 is 12.0. The number of nitrogens with zero attached hydrogens (tertiary/aromatic N) is 1. The molecule has 0 aliphatic heterocycles. The van der Waals surface area contributed by atoms with Gasteiger partial charge in [-0.2, -0.15) is 0 Å². The van der Waals surface area contributed by atoms with Crippen molar-refractivity contribution in [1.82, 2.24) is 9.88 Å². The van der Waals surface area contributed by atoms with Crippen LogP contribution in [0.5, 0.6) is 5.75 Å². The number of carbonyl (C=O) groups is 2. The summed E-state index contributed by atoms with van der Waals surface area (Å²) in [5, 5.41) is 19.6. The number of aromatic nitrogens is 1. The number of carbonyl (C=O) groups excluding carboxylic acids is 1. The maximum atomic E-state index is 13.0. The number of aromatic hydroxyl groups is 1. The molecule has 6 nitrogen and oxygen atoms in total. The molecule has 3 N–H and O–H groups in total. The molecule has 0 spiro atoms. The van der Waals surface area contributed by atoms with Crippen LogP contribution in [0.2, 0.25) is 5.02 Å². The van der Waals surface area contributed by atoms with Crippen LogP contribution in [-0.4, -0.2) is 43.7 Å². The predicted octanol–water partition coefficient (Wildman–Crippen LogP) is 5.43. The monoisotopic (exact) mass is 486 g/mol. The summed E-state index contributed by atoms with van der Waals surface area (Å²) in [6.07, 6.45) is 1.70. The van der Waals surface area contributed by atoms with Gasteiger partial charge in [-0.1, -0.05) is 53.8 Å². The fourth-order valence-electron chi connectivity index (χ4n) is 3.01. The first-order valence-electron chi connectivity index (χ1n) is 9.36. The fraction of sp³-hybridized carbons (Fsp3) is 0.0870. The lowest BCUT2D eigenvalue weighted by Crippen LogP contribution is -2.26. The molecule has 1 aromatic heterocycles. The Morgan fingerprint density at radius 2 is 1.88 bits per heavy atom. The number of aromatic amines is 1. The third kappa shape index (κ3) is 5.79. The van der Waals surface area contributed by atoms with Gasteiger partial charge in [0.25, 0.3) is 5.91 Å². The Bertz CT molecular complexity index is 1190. The minimum absolute atomic E-state index is 0.172. The van der Waals surface area contributed by atoms with Gasteiger partial charge in [-0.05, 0) is 48.0 Å². The van der Waals surface area contributed by atoms with Gasteiger partial charge < -0.3 is 20.1 Å². The zero-order valence-corrected chi connectivity index (χ0v) is 19.3. The average Bonchev–Trinajstić information content (AvgIpc) is 3.22. The van der Waals surface area contributed by atoms with Crippen LogP contribution >= 0.6 is 35.6 Å². The normalized spacial score (nSPS) is 11.2. The van der Waals surface area contributed by atoms with Crippen molar-refractivity contribution in [1.29, 1.82) is 0 Å². The van der Waals surface area contributed by atoms with E-state index in [1.165, 1.54) is 16.8 Å². The SMILES string of the molecule is CN(Cc1ccc(Cl)cc1)C(=O)/C(=C\c1ccc(-c2ccc(C(=O)O)c(O)c2)[nH]1)SC=S. The molecule has 32 heavy (non-hydrogen) atoms. The number of halogens is 1. The molecule has 9 heteroatoms. The van der Waals surface area contributed by atoms with Gasteiger partial charge in [0, 0.05) is 40.3 Å². The standard InChI is InChI=1S/C23H19ClN2O4S2/c1-26(12-14-2-5-16(24)6-3-14)22(28)21(32-13-31)11-17-7-9-19(25-17)15-4-8-18(23(29)30)20(27)10-15/h2-11,13,25,27H,12H2,1H3,(H,29,30)/b21-11+. The van der Waals surface area contributed by atoms with E-state index in [0.29, 0.717) is 33.4 Å². The number of amides is 1. The van der Waals surface area contributed by atoms with E-state index in [4.69, 9.17) is 28.9 Å². The number of thiocarbonyl (C=S) groups is 1. The molecule has 0 saturated heterocycles. The second-order valence-corrected chi connectivity index (χ2v) is 8.76. The highest BCUT2D eigenvalue weighted by atomic mass is 35.5. The first kappa shape index (κ1) is 23.6. The number of nitrogens with one attached hydrogen (secondary N) is 1. The molecule has 164 valence electrons. The lowest BCUT2D eigenvalue weighted by molar-refractivity contribution is -0.125. The molecule has 1 heterocycles. The van der Waals surface area contributed by atoms with E-state index < -0.39 is 5.97 Å². The molecular formula is C23H19ClN2O4S2. The zero-order valence-electron chi connectivity index (χ0n) is 16.9. The van der Waals surface area contributed by atoms with Gasteiger partial charge >= 0.3 is 5.97 Å². The summed E-state index contributed by atoms with van der Waals surface area (Å²) in [5.74, 6) is -1.71. The highest BCUT2D eigenvalue weighted by Crippen LogP contribution is 2.27. The second kappa shape index (κ2) is 10.5. The summed E-state index contributed by atoms with van der Waals surface area (Å²) in [5.41, 5.74) is 2.71. The number of phenols is 1. The number of likely N-dealkylation sites (N-methyl/N-ethyl adjacent to an activating group) is 1. The molecule has 0 unspecified atom stereocenters. The molecule has 0 aliphatic rings.